The molecule has 1 N–H and O–H groups in total. The Hall–Kier alpha value is -1.67. The predicted octanol–water partition coefficient (Wildman–Crippen LogP) is 5.19. The number of hydrogen-bond donors (Lipinski definition) is 1. The minimum atomic E-state index is -4.85. The van der Waals surface area contributed by atoms with Gasteiger partial charge in [-0.25, -0.2) is 4.98 Å². The van der Waals surface area contributed by atoms with E-state index in [4.69, 9.17) is 0 Å². The molecule has 1 aromatic carbocycles. The SMILES string of the molecule is CC(C)(C)[C@H]1CCC[C@H]2C1=NN(c1nc3ccccc3s1)[C@]2(O)C(F)(F)F. The maximum Gasteiger partial charge on any atom is 0.439 e. The number of para-hydroxylation sites is 1. The average Bonchev–Trinajstić information content (AvgIpc) is 3.13. The molecule has 4 nitrogen and oxygen atoms in total. The largest absolute Gasteiger partial charge is 0.439 e. The summed E-state index contributed by atoms with van der Waals surface area (Å²) in [6, 6.07) is 7.15. The van der Waals surface area contributed by atoms with E-state index in [9.17, 15) is 18.3 Å². The molecule has 27 heavy (non-hydrogen) atoms. The predicted molar refractivity (Wildman–Crippen MR) is 101 cm³/mol. The fourth-order valence-corrected chi connectivity index (χ4v) is 5.26. The summed E-state index contributed by atoms with van der Waals surface area (Å²) in [6.45, 7) is 6.03. The number of nitrogens with zero attached hydrogens (tertiary/aromatic N) is 3. The van der Waals surface area contributed by atoms with Gasteiger partial charge in [-0.05, 0) is 30.4 Å². The fourth-order valence-electron chi connectivity index (χ4n) is 4.28. The van der Waals surface area contributed by atoms with Gasteiger partial charge in [0, 0.05) is 5.92 Å². The van der Waals surface area contributed by atoms with Crippen molar-refractivity contribution in [3.63, 3.8) is 0 Å². The van der Waals surface area contributed by atoms with Gasteiger partial charge in [0.1, 0.15) is 0 Å². The molecule has 0 spiro atoms. The van der Waals surface area contributed by atoms with Gasteiger partial charge >= 0.3 is 6.18 Å². The van der Waals surface area contributed by atoms with Gasteiger partial charge in [-0.3, -0.25) is 0 Å². The van der Waals surface area contributed by atoms with Crippen LogP contribution in [-0.4, -0.2) is 27.7 Å². The van der Waals surface area contributed by atoms with Crippen molar-refractivity contribution >= 4 is 32.4 Å². The first-order valence-corrected chi connectivity index (χ1v) is 9.88. The third-order valence-electron chi connectivity index (χ3n) is 5.65. The Morgan fingerprint density at radius 3 is 2.52 bits per heavy atom. The molecular weight excluding hydrogens is 375 g/mol. The van der Waals surface area contributed by atoms with Crippen molar-refractivity contribution in [3.8, 4) is 0 Å². The molecular formula is C19H22F3N3OS. The lowest BCUT2D eigenvalue weighted by Gasteiger charge is -2.41. The van der Waals surface area contributed by atoms with Crippen LogP contribution >= 0.6 is 11.3 Å². The number of fused-ring (bicyclic) bond motifs is 2. The van der Waals surface area contributed by atoms with Crippen LogP contribution in [0, 0.1) is 17.3 Å². The number of aromatic nitrogens is 1. The molecule has 1 aliphatic heterocycles. The quantitative estimate of drug-likeness (QED) is 0.721. The minimum Gasteiger partial charge on any atom is -0.362 e. The minimum absolute atomic E-state index is 0.0746. The normalized spacial score (nSPS) is 29.1. The number of benzene rings is 1. The molecule has 0 unspecified atom stereocenters. The van der Waals surface area contributed by atoms with Crippen molar-refractivity contribution in [1.29, 1.82) is 0 Å². The summed E-state index contributed by atoms with van der Waals surface area (Å²) in [5.41, 5.74) is -2.23. The molecule has 146 valence electrons. The number of halogens is 3. The highest BCUT2D eigenvalue weighted by atomic mass is 32.1. The highest BCUT2D eigenvalue weighted by Gasteiger charge is 2.69. The number of thiazole rings is 1. The highest BCUT2D eigenvalue weighted by molar-refractivity contribution is 7.22. The van der Waals surface area contributed by atoms with Gasteiger partial charge < -0.3 is 5.11 Å². The first kappa shape index (κ1) is 18.7. The number of hydrazone groups is 1. The van der Waals surface area contributed by atoms with E-state index in [1.165, 1.54) is 0 Å². The molecule has 0 radical (unpaired) electrons. The summed E-state index contributed by atoms with van der Waals surface area (Å²) in [6.07, 6.45) is -3.17. The number of alkyl halides is 3. The maximum absolute atomic E-state index is 14.1. The summed E-state index contributed by atoms with van der Waals surface area (Å²) < 4.78 is 43.2. The van der Waals surface area contributed by atoms with Gasteiger partial charge in [-0.15, -0.1) is 0 Å². The molecule has 2 aromatic rings. The van der Waals surface area contributed by atoms with Crippen LogP contribution in [0.3, 0.4) is 0 Å². The van der Waals surface area contributed by atoms with Crippen molar-refractivity contribution in [2.24, 2.45) is 22.4 Å². The van der Waals surface area contributed by atoms with Gasteiger partial charge in [-0.2, -0.15) is 23.3 Å². The zero-order valence-electron chi connectivity index (χ0n) is 15.4. The summed E-state index contributed by atoms with van der Waals surface area (Å²) in [4.78, 5) is 4.33. The lowest BCUT2D eigenvalue weighted by atomic mass is 9.66. The zero-order valence-corrected chi connectivity index (χ0v) is 16.2. The van der Waals surface area contributed by atoms with Crippen LogP contribution < -0.4 is 5.01 Å². The first-order chi connectivity index (χ1) is 12.5. The van der Waals surface area contributed by atoms with E-state index in [2.05, 4.69) is 10.1 Å². The van der Waals surface area contributed by atoms with Crippen LogP contribution in [0.25, 0.3) is 10.2 Å². The lowest BCUT2D eigenvalue weighted by molar-refractivity contribution is -0.269. The molecule has 8 heteroatoms. The lowest BCUT2D eigenvalue weighted by Crippen LogP contribution is -2.61. The second-order valence-electron chi connectivity index (χ2n) is 8.43. The Labute approximate surface area is 159 Å². The topological polar surface area (TPSA) is 48.7 Å². The van der Waals surface area contributed by atoms with Crippen LogP contribution in [0.15, 0.2) is 29.4 Å². The van der Waals surface area contributed by atoms with Gasteiger partial charge in [0.05, 0.1) is 21.8 Å². The molecule has 0 saturated heterocycles. The number of anilines is 1. The smallest absolute Gasteiger partial charge is 0.362 e. The van der Waals surface area contributed by atoms with Gasteiger partial charge in [0.15, 0.2) is 0 Å². The summed E-state index contributed by atoms with van der Waals surface area (Å²) in [7, 11) is 0. The van der Waals surface area contributed by atoms with Crippen molar-refractivity contribution in [2.75, 3.05) is 5.01 Å². The standard InChI is InChI=1S/C19H22F3N3OS/c1-17(2,3)11-7-6-8-12-15(11)24-25(18(12,26)19(20,21)22)16-23-13-9-4-5-10-14(13)27-16/h4-5,9-12,26H,6-8H2,1-3H3/t11-,12-,18+/m0/s1. The number of rotatable bonds is 1. The van der Waals surface area contributed by atoms with Gasteiger partial charge in [0.25, 0.3) is 5.72 Å². The van der Waals surface area contributed by atoms with E-state index in [0.29, 0.717) is 17.6 Å². The first-order valence-electron chi connectivity index (χ1n) is 9.07. The molecule has 3 atom stereocenters. The second-order valence-corrected chi connectivity index (χ2v) is 9.44. The Kier molecular flexibility index (Phi) is 4.09. The van der Waals surface area contributed by atoms with Crippen LogP contribution in [0.1, 0.15) is 40.0 Å². The van der Waals surface area contributed by atoms with Crippen LogP contribution in [-0.2, 0) is 0 Å². The van der Waals surface area contributed by atoms with E-state index in [1.54, 1.807) is 18.2 Å². The molecule has 1 aromatic heterocycles. The highest BCUT2D eigenvalue weighted by Crippen LogP contribution is 2.53. The van der Waals surface area contributed by atoms with Gasteiger partial charge in [-0.1, -0.05) is 50.7 Å². The third kappa shape index (κ3) is 2.76. The monoisotopic (exact) mass is 397 g/mol. The summed E-state index contributed by atoms with van der Waals surface area (Å²) in [5, 5.41) is 16.2. The zero-order chi connectivity index (χ0) is 19.6. The molecule has 2 aliphatic rings. The van der Waals surface area contributed by atoms with Crippen molar-refractivity contribution < 1.29 is 18.3 Å². The molecule has 0 amide bonds. The summed E-state index contributed by atoms with van der Waals surface area (Å²) in [5.74, 6) is -1.17. The Morgan fingerprint density at radius 2 is 1.89 bits per heavy atom. The Balaban J connectivity index is 1.88. The maximum atomic E-state index is 14.1. The van der Waals surface area contributed by atoms with Crippen molar-refractivity contribution in [2.45, 2.75) is 51.9 Å². The van der Waals surface area contributed by atoms with Crippen molar-refractivity contribution in [3.05, 3.63) is 24.3 Å². The third-order valence-corrected chi connectivity index (χ3v) is 6.66. The van der Waals surface area contributed by atoms with E-state index < -0.39 is 17.8 Å². The fraction of sp³-hybridized carbons (Fsp3) is 0.579. The Bertz CT molecular complexity index is 868. The molecule has 4 rings (SSSR count). The number of aliphatic hydroxyl groups is 1. The van der Waals surface area contributed by atoms with Gasteiger partial charge in [0.2, 0.25) is 5.13 Å². The molecule has 1 fully saturated rings. The van der Waals surface area contributed by atoms with E-state index >= 15 is 0 Å². The van der Waals surface area contributed by atoms with E-state index in [0.717, 1.165) is 27.5 Å². The molecule has 1 aliphatic carbocycles. The average molecular weight is 397 g/mol. The molecule has 2 heterocycles. The van der Waals surface area contributed by atoms with Crippen LogP contribution in [0.2, 0.25) is 0 Å². The van der Waals surface area contributed by atoms with E-state index in [1.807, 2.05) is 26.8 Å². The van der Waals surface area contributed by atoms with Crippen LogP contribution in [0.5, 0.6) is 0 Å². The molecule has 1 saturated carbocycles. The van der Waals surface area contributed by atoms with E-state index in [-0.39, 0.29) is 22.9 Å². The molecule has 0 bridgehead atoms. The van der Waals surface area contributed by atoms with Crippen LogP contribution in [0.4, 0.5) is 18.3 Å². The van der Waals surface area contributed by atoms with Crippen molar-refractivity contribution in [1.82, 2.24) is 4.98 Å². The number of hydrogen-bond acceptors (Lipinski definition) is 5. The Morgan fingerprint density at radius 1 is 1.19 bits per heavy atom. The summed E-state index contributed by atoms with van der Waals surface area (Å²) >= 11 is 1.11. The second kappa shape index (κ2) is 5.91.